The maximum atomic E-state index is 12.0. The Bertz CT molecular complexity index is 472. The number of ether oxygens (including phenoxy) is 1. The van der Waals surface area contributed by atoms with Crippen molar-refractivity contribution >= 4 is 21.8 Å². The zero-order valence-electron chi connectivity index (χ0n) is 12.4. The quantitative estimate of drug-likeness (QED) is 0.834. The van der Waals surface area contributed by atoms with Crippen LogP contribution in [0.4, 0.5) is 0 Å². The molecule has 2 N–H and O–H groups in total. The molecule has 1 aromatic rings. The zero-order chi connectivity index (χ0) is 15.3. The van der Waals surface area contributed by atoms with Crippen molar-refractivity contribution in [2.75, 3.05) is 13.7 Å². The Morgan fingerprint density at radius 1 is 1.50 bits per heavy atom. The minimum atomic E-state index is -0.906. The van der Waals surface area contributed by atoms with Crippen molar-refractivity contribution in [2.24, 2.45) is 5.92 Å². The van der Waals surface area contributed by atoms with Gasteiger partial charge in [-0.25, -0.2) is 0 Å². The Labute approximate surface area is 128 Å². The number of hydrogen-bond donors (Lipinski definition) is 2. The summed E-state index contributed by atoms with van der Waals surface area (Å²) in [6.45, 7) is 5.80. The molecule has 1 aromatic carbocycles. The highest BCUT2D eigenvalue weighted by Gasteiger charge is 2.25. The molecule has 5 heteroatoms. The van der Waals surface area contributed by atoms with Crippen LogP contribution in [0.5, 0.6) is 5.75 Å². The third-order valence-electron chi connectivity index (χ3n) is 3.48. The van der Waals surface area contributed by atoms with Crippen molar-refractivity contribution in [1.29, 1.82) is 0 Å². The van der Waals surface area contributed by atoms with Crippen molar-refractivity contribution in [3.63, 3.8) is 0 Å². The van der Waals surface area contributed by atoms with Crippen LogP contribution in [-0.4, -0.2) is 30.3 Å². The second-order valence-electron chi connectivity index (χ2n) is 5.42. The molecule has 0 spiro atoms. The molecule has 0 aliphatic heterocycles. The van der Waals surface area contributed by atoms with E-state index in [-0.39, 0.29) is 24.8 Å². The molecule has 4 nitrogen and oxygen atoms in total. The number of rotatable bonds is 6. The summed E-state index contributed by atoms with van der Waals surface area (Å²) in [5, 5.41) is 12.9. The fraction of sp³-hybridized carbons (Fsp3) is 0.533. The van der Waals surface area contributed by atoms with E-state index in [1.54, 1.807) is 14.0 Å². The van der Waals surface area contributed by atoms with Crippen molar-refractivity contribution in [3.8, 4) is 5.75 Å². The molecule has 0 radical (unpaired) electrons. The molecule has 1 unspecified atom stereocenters. The summed E-state index contributed by atoms with van der Waals surface area (Å²) in [6, 6.07) is 5.54. The lowest BCUT2D eigenvalue weighted by molar-refractivity contribution is -0.122. The van der Waals surface area contributed by atoms with Crippen LogP contribution in [0.15, 0.2) is 22.7 Å². The molecule has 1 amide bonds. The lowest BCUT2D eigenvalue weighted by atomic mass is 9.92. The molecular formula is C15H22BrNO3. The highest BCUT2D eigenvalue weighted by Crippen LogP contribution is 2.23. The van der Waals surface area contributed by atoms with Crippen LogP contribution < -0.4 is 10.1 Å². The Morgan fingerprint density at radius 3 is 2.70 bits per heavy atom. The number of aliphatic hydroxyl groups is 1. The van der Waals surface area contributed by atoms with Gasteiger partial charge in [0.1, 0.15) is 5.75 Å². The van der Waals surface area contributed by atoms with Gasteiger partial charge in [0.05, 0.1) is 19.1 Å². The van der Waals surface area contributed by atoms with E-state index in [1.165, 1.54) is 0 Å². The zero-order valence-corrected chi connectivity index (χ0v) is 14.0. The molecule has 0 aliphatic carbocycles. The number of carbonyl (C=O) groups excluding carboxylic acids is 1. The maximum absolute atomic E-state index is 12.0. The number of carbonyl (C=O) groups is 1. The summed E-state index contributed by atoms with van der Waals surface area (Å²) in [5.74, 6) is 0.615. The van der Waals surface area contributed by atoms with Crippen LogP contribution in [0.1, 0.15) is 26.3 Å². The standard InChI is InChI=1S/C15H22BrNO3/c1-10(2)15(3,19)9-17-14(18)8-11-7-12(16)5-6-13(11)20-4/h5-7,10,19H,8-9H2,1-4H3,(H,17,18). The van der Waals surface area contributed by atoms with Gasteiger partial charge in [-0.2, -0.15) is 0 Å². The number of amides is 1. The van der Waals surface area contributed by atoms with E-state index in [0.29, 0.717) is 5.75 Å². The van der Waals surface area contributed by atoms with Crippen LogP contribution in [-0.2, 0) is 11.2 Å². The SMILES string of the molecule is COc1ccc(Br)cc1CC(=O)NCC(C)(O)C(C)C. The van der Waals surface area contributed by atoms with E-state index >= 15 is 0 Å². The first-order chi connectivity index (χ1) is 9.26. The summed E-state index contributed by atoms with van der Waals surface area (Å²) in [6.07, 6.45) is 0.219. The number of halogens is 1. The highest BCUT2D eigenvalue weighted by atomic mass is 79.9. The Balaban J connectivity index is 2.65. The molecule has 0 aliphatic rings. The molecule has 0 saturated carbocycles. The summed E-state index contributed by atoms with van der Waals surface area (Å²) < 4.78 is 6.13. The van der Waals surface area contributed by atoms with Gasteiger partial charge >= 0.3 is 0 Å². The summed E-state index contributed by atoms with van der Waals surface area (Å²) >= 11 is 3.38. The Hall–Kier alpha value is -1.07. The van der Waals surface area contributed by atoms with Gasteiger partial charge < -0.3 is 15.2 Å². The Morgan fingerprint density at radius 2 is 2.15 bits per heavy atom. The average molecular weight is 344 g/mol. The predicted octanol–water partition coefficient (Wildman–Crippen LogP) is 2.52. The number of hydrogen-bond acceptors (Lipinski definition) is 3. The molecule has 20 heavy (non-hydrogen) atoms. The second-order valence-corrected chi connectivity index (χ2v) is 6.34. The van der Waals surface area contributed by atoms with Gasteiger partial charge in [0.25, 0.3) is 0 Å². The van der Waals surface area contributed by atoms with Gasteiger partial charge in [-0.3, -0.25) is 4.79 Å². The van der Waals surface area contributed by atoms with Gasteiger partial charge in [-0.1, -0.05) is 29.8 Å². The fourth-order valence-electron chi connectivity index (χ4n) is 1.60. The van der Waals surface area contributed by atoms with Crippen LogP contribution in [0.2, 0.25) is 0 Å². The minimum absolute atomic E-state index is 0.0724. The van der Waals surface area contributed by atoms with Crippen LogP contribution in [0.3, 0.4) is 0 Å². The number of nitrogens with one attached hydrogen (secondary N) is 1. The van der Waals surface area contributed by atoms with E-state index in [9.17, 15) is 9.90 Å². The molecule has 112 valence electrons. The third kappa shape index (κ3) is 4.80. The number of benzene rings is 1. The normalized spacial score (nSPS) is 13.9. The van der Waals surface area contributed by atoms with E-state index < -0.39 is 5.60 Å². The van der Waals surface area contributed by atoms with Gasteiger partial charge in [0, 0.05) is 16.6 Å². The molecule has 0 heterocycles. The minimum Gasteiger partial charge on any atom is -0.496 e. The molecular weight excluding hydrogens is 322 g/mol. The molecule has 0 aromatic heterocycles. The van der Waals surface area contributed by atoms with Crippen LogP contribution in [0, 0.1) is 5.92 Å². The van der Waals surface area contributed by atoms with Crippen molar-refractivity contribution < 1.29 is 14.6 Å². The lowest BCUT2D eigenvalue weighted by Gasteiger charge is -2.27. The smallest absolute Gasteiger partial charge is 0.224 e. The first kappa shape index (κ1) is 17.0. The van der Waals surface area contributed by atoms with Crippen molar-refractivity contribution in [1.82, 2.24) is 5.32 Å². The Kier molecular flexibility index (Phi) is 6.02. The largest absolute Gasteiger partial charge is 0.496 e. The first-order valence-electron chi connectivity index (χ1n) is 6.57. The topological polar surface area (TPSA) is 58.6 Å². The first-order valence-corrected chi connectivity index (χ1v) is 7.37. The van der Waals surface area contributed by atoms with E-state index in [4.69, 9.17) is 4.74 Å². The monoisotopic (exact) mass is 343 g/mol. The predicted molar refractivity (Wildman–Crippen MR) is 82.9 cm³/mol. The fourth-order valence-corrected chi connectivity index (χ4v) is 2.01. The van der Waals surface area contributed by atoms with Crippen LogP contribution >= 0.6 is 15.9 Å². The van der Waals surface area contributed by atoms with E-state index in [0.717, 1.165) is 10.0 Å². The van der Waals surface area contributed by atoms with Gasteiger partial charge in [-0.05, 0) is 31.0 Å². The maximum Gasteiger partial charge on any atom is 0.224 e. The summed E-state index contributed by atoms with van der Waals surface area (Å²) in [4.78, 5) is 12.0. The molecule has 0 fully saturated rings. The molecule has 1 atom stereocenters. The number of methoxy groups -OCH3 is 1. The van der Waals surface area contributed by atoms with Gasteiger partial charge in [-0.15, -0.1) is 0 Å². The average Bonchev–Trinajstić information content (AvgIpc) is 2.36. The van der Waals surface area contributed by atoms with Crippen molar-refractivity contribution in [2.45, 2.75) is 32.8 Å². The third-order valence-corrected chi connectivity index (χ3v) is 3.97. The van der Waals surface area contributed by atoms with Gasteiger partial charge in [0.2, 0.25) is 5.91 Å². The molecule has 0 saturated heterocycles. The lowest BCUT2D eigenvalue weighted by Crippen LogP contribution is -2.44. The van der Waals surface area contributed by atoms with Crippen LogP contribution in [0.25, 0.3) is 0 Å². The van der Waals surface area contributed by atoms with E-state index in [1.807, 2.05) is 32.0 Å². The summed E-state index contributed by atoms with van der Waals surface area (Å²) in [5.41, 5.74) is -0.0969. The summed E-state index contributed by atoms with van der Waals surface area (Å²) in [7, 11) is 1.58. The highest BCUT2D eigenvalue weighted by molar-refractivity contribution is 9.10. The molecule has 1 rings (SSSR count). The van der Waals surface area contributed by atoms with Crippen molar-refractivity contribution in [3.05, 3.63) is 28.2 Å². The second kappa shape index (κ2) is 7.09. The van der Waals surface area contributed by atoms with Gasteiger partial charge in [0.15, 0.2) is 0 Å². The van der Waals surface area contributed by atoms with E-state index in [2.05, 4.69) is 21.2 Å². The molecule has 0 bridgehead atoms.